The summed E-state index contributed by atoms with van der Waals surface area (Å²) in [5.74, 6) is 0.586. The number of halogens is 2. The average Bonchev–Trinajstić information content (AvgIpc) is 2.72. The number of nitrogens with one attached hydrogen (secondary N) is 1. The summed E-state index contributed by atoms with van der Waals surface area (Å²) in [4.78, 5) is 0. The Morgan fingerprint density at radius 2 is 2.22 bits per heavy atom. The van der Waals surface area contributed by atoms with E-state index in [0.717, 1.165) is 12.2 Å². The molecule has 1 heterocycles. The Morgan fingerprint density at radius 1 is 1.44 bits per heavy atom. The maximum Gasteiger partial charge on any atom is 0.261 e. The summed E-state index contributed by atoms with van der Waals surface area (Å²) in [6.07, 6.45) is -0.629. The highest BCUT2D eigenvalue weighted by Gasteiger charge is 2.03. The lowest BCUT2D eigenvalue weighted by Gasteiger charge is -2.04. The Kier molecular flexibility index (Phi) is 6.74. The first-order chi connectivity index (χ1) is 8.58. The van der Waals surface area contributed by atoms with Gasteiger partial charge < -0.3 is 10.1 Å². The molecule has 1 N–H and O–H groups in total. The molecule has 0 bridgehead atoms. The van der Waals surface area contributed by atoms with Crippen molar-refractivity contribution in [3.05, 3.63) is 11.9 Å². The second-order valence-corrected chi connectivity index (χ2v) is 4.46. The Balaban J connectivity index is 2.17. The molecule has 104 valence electrons. The van der Waals surface area contributed by atoms with E-state index in [1.807, 2.05) is 0 Å². The molecule has 1 rings (SSSR count). The number of nitrogens with zero attached hydrogens (tertiary/aromatic N) is 3. The van der Waals surface area contributed by atoms with Gasteiger partial charge in [0.25, 0.3) is 6.43 Å². The largest absolute Gasteiger partial charge is 0.374 e. The van der Waals surface area contributed by atoms with Gasteiger partial charge in [-0.1, -0.05) is 19.1 Å². The molecular formula is C11H20F2N4O. The van der Waals surface area contributed by atoms with Crippen molar-refractivity contribution in [2.24, 2.45) is 5.92 Å². The quantitative estimate of drug-likeness (QED) is 0.682. The standard InChI is InChI=1S/C11H20F2N4O/c1-9(2)5-14-6-10-7-17(16-15-10)3-4-18-8-11(12)13/h7,9,11,14H,3-6,8H2,1-2H3. The molecule has 0 spiro atoms. The first-order valence-corrected chi connectivity index (χ1v) is 6.03. The van der Waals surface area contributed by atoms with E-state index in [2.05, 4.69) is 29.5 Å². The van der Waals surface area contributed by atoms with Gasteiger partial charge in [0.1, 0.15) is 6.61 Å². The normalized spacial score (nSPS) is 11.7. The van der Waals surface area contributed by atoms with Crippen LogP contribution < -0.4 is 5.32 Å². The summed E-state index contributed by atoms with van der Waals surface area (Å²) in [6, 6.07) is 0. The molecule has 0 aliphatic carbocycles. The van der Waals surface area contributed by atoms with Crippen molar-refractivity contribution in [1.29, 1.82) is 0 Å². The van der Waals surface area contributed by atoms with Crippen molar-refractivity contribution in [2.45, 2.75) is 33.4 Å². The van der Waals surface area contributed by atoms with Crippen molar-refractivity contribution in [2.75, 3.05) is 19.8 Å². The highest BCUT2D eigenvalue weighted by Crippen LogP contribution is 1.96. The smallest absolute Gasteiger partial charge is 0.261 e. The van der Waals surface area contributed by atoms with Crippen LogP contribution in [0.4, 0.5) is 8.78 Å². The van der Waals surface area contributed by atoms with E-state index in [4.69, 9.17) is 4.74 Å². The first-order valence-electron chi connectivity index (χ1n) is 6.03. The second-order valence-electron chi connectivity index (χ2n) is 4.46. The molecule has 0 unspecified atom stereocenters. The zero-order valence-electron chi connectivity index (χ0n) is 10.8. The zero-order valence-corrected chi connectivity index (χ0v) is 10.8. The third kappa shape index (κ3) is 6.61. The molecule has 0 aliphatic heterocycles. The number of aromatic nitrogens is 3. The molecule has 0 radical (unpaired) electrons. The molecule has 0 saturated carbocycles. The maximum absolute atomic E-state index is 11.8. The maximum atomic E-state index is 11.8. The fourth-order valence-electron chi connectivity index (χ4n) is 1.35. The van der Waals surface area contributed by atoms with Gasteiger partial charge >= 0.3 is 0 Å². The van der Waals surface area contributed by atoms with Crippen LogP contribution in [0.15, 0.2) is 6.20 Å². The predicted molar refractivity (Wildman–Crippen MR) is 63.4 cm³/mol. The lowest BCUT2D eigenvalue weighted by molar-refractivity contribution is 0.0139. The van der Waals surface area contributed by atoms with E-state index in [9.17, 15) is 8.78 Å². The van der Waals surface area contributed by atoms with Gasteiger partial charge in [-0.2, -0.15) is 0 Å². The van der Waals surface area contributed by atoms with E-state index >= 15 is 0 Å². The molecule has 0 aliphatic rings. The number of rotatable bonds is 9. The molecule has 1 aromatic heterocycles. The molecule has 0 saturated heterocycles. The van der Waals surface area contributed by atoms with Gasteiger partial charge in [-0.05, 0) is 12.5 Å². The summed E-state index contributed by atoms with van der Waals surface area (Å²) in [6.45, 7) is 5.96. The molecular weight excluding hydrogens is 242 g/mol. The van der Waals surface area contributed by atoms with Crippen LogP contribution >= 0.6 is 0 Å². The average molecular weight is 262 g/mol. The highest BCUT2D eigenvalue weighted by molar-refractivity contribution is 4.91. The molecule has 0 atom stereocenters. The Hall–Kier alpha value is -1.08. The van der Waals surface area contributed by atoms with Crippen molar-refractivity contribution < 1.29 is 13.5 Å². The van der Waals surface area contributed by atoms with E-state index in [1.165, 1.54) is 0 Å². The minimum absolute atomic E-state index is 0.215. The summed E-state index contributed by atoms with van der Waals surface area (Å²) in [5.41, 5.74) is 0.838. The monoisotopic (exact) mass is 262 g/mol. The first kappa shape index (κ1) is 15.0. The number of ether oxygens (including phenoxy) is 1. The van der Waals surface area contributed by atoms with Crippen LogP contribution in [0, 0.1) is 5.92 Å². The lowest BCUT2D eigenvalue weighted by Crippen LogP contribution is -2.19. The van der Waals surface area contributed by atoms with Crippen LogP contribution in [0.2, 0.25) is 0 Å². The summed E-state index contributed by atoms with van der Waals surface area (Å²) < 4.78 is 30.0. The van der Waals surface area contributed by atoms with Gasteiger partial charge in [-0.15, -0.1) is 5.10 Å². The van der Waals surface area contributed by atoms with E-state index < -0.39 is 13.0 Å². The van der Waals surface area contributed by atoms with Gasteiger partial charge in [0.15, 0.2) is 0 Å². The topological polar surface area (TPSA) is 52.0 Å². The summed E-state index contributed by atoms with van der Waals surface area (Å²) in [5, 5.41) is 11.1. The Bertz CT molecular complexity index is 331. The van der Waals surface area contributed by atoms with E-state index in [0.29, 0.717) is 19.0 Å². The van der Waals surface area contributed by atoms with E-state index in [-0.39, 0.29) is 6.61 Å². The van der Waals surface area contributed by atoms with Gasteiger partial charge in [-0.3, -0.25) is 0 Å². The third-order valence-electron chi connectivity index (χ3n) is 2.15. The SMILES string of the molecule is CC(C)CNCc1cn(CCOCC(F)F)nn1. The highest BCUT2D eigenvalue weighted by atomic mass is 19.3. The lowest BCUT2D eigenvalue weighted by atomic mass is 10.2. The molecule has 7 heteroatoms. The van der Waals surface area contributed by atoms with Crippen molar-refractivity contribution in [3.63, 3.8) is 0 Å². The van der Waals surface area contributed by atoms with Crippen molar-refractivity contribution in [1.82, 2.24) is 20.3 Å². The van der Waals surface area contributed by atoms with Crippen LogP contribution in [-0.2, 0) is 17.8 Å². The Labute approximate surface area is 106 Å². The molecule has 0 amide bonds. The zero-order chi connectivity index (χ0) is 13.4. The third-order valence-corrected chi connectivity index (χ3v) is 2.15. The fourth-order valence-corrected chi connectivity index (χ4v) is 1.35. The van der Waals surface area contributed by atoms with Gasteiger partial charge in [-0.25, -0.2) is 13.5 Å². The number of hydrogen-bond donors (Lipinski definition) is 1. The van der Waals surface area contributed by atoms with Crippen molar-refractivity contribution >= 4 is 0 Å². The Morgan fingerprint density at radius 3 is 2.89 bits per heavy atom. The van der Waals surface area contributed by atoms with Crippen LogP contribution in [0.1, 0.15) is 19.5 Å². The second kappa shape index (κ2) is 8.10. The summed E-state index contributed by atoms with van der Waals surface area (Å²) in [7, 11) is 0. The number of hydrogen-bond acceptors (Lipinski definition) is 4. The molecule has 0 fully saturated rings. The van der Waals surface area contributed by atoms with Crippen LogP contribution in [0.3, 0.4) is 0 Å². The number of alkyl halides is 2. The molecule has 18 heavy (non-hydrogen) atoms. The van der Waals surface area contributed by atoms with Gasteiger partial charge in [0.2, 0.25) is 0 Å². The van der Waals surface area contributed by atoms with Crippen molar-refractivity contribution in [3.8, 4) is 0 Å². The fraction of sp³-hybridized carbons (Fsp3) is 0.818. The molecule has 0 aromatic carbocycles. The summed E-state index contributed by atoms with van der Waals surface area (Å²) >= 11 is 0. The minimum Gasteiger partial charge on any atom is -0.374 e. The van der Waals surface area contributed by atoms with E-state index in [1.54, 1.807) is 10.9 Å². The van der Waals surface area contributed by atoms with Crippen LogP contribution in [0.5, 0.6) is 0 Å². The molecule has 1 aromatic rings. The van der Waals surface area contributed by atoms with Crippen LogP contribution in [0.25, 0.3) is 0 Å². The minimum atomic E-state index is -2.42. The predicted octanol–water partition coefficient (Wildman–Crippen LogP) is 1.31. The van der Waals surface area contributed by atoms with Crippen LogP contribution in [-0.4, -0.2) is 41.2 Å². The van der Waals surface area contributed by atoms with Gasteiger partial charge in [0.05, 0.1) is 18.8 Å². The van der Waals surface area contributed by atoms with Gasteiger partial charge in [0, 0.05) is 12.7 Å². The molecule has 5 nitrogen and oxygen atoms in total.